The Kier molecular flexibility index (Phi) is 9.50. The number of carbonyl (C=O) groups is 2. The number of para-hydroxylation sites is 1. The summed E-state index contributed by atoms with van der Waals surface area (Å²) >= 11 is 1.41. The molecule has 1 aliphatic carbocycles. The molecule has 36 heavy (non-hydrogen) atoms. The van der Waals surface area contributed by atoms with Crippen LogP contribution < -0.4 is 15.4 Å². The van der Waals surface area contributed by atoms with Crippen molar-refractivity contribution in [1.82, 2.24) is 15.6 Å². The third kappa shape index (κ3) is 7.40. The Morgan fingerprint density at radius 3 is 2.33 bits per heavy atom. The number of thiazole rings is 1. The van der Waals surface area contributed by atoms with E-state index >= 15 is 0 Å². The lowest BCUT2D eigenvalue weighted by atomic mass is 9.90. The Morgan fingerprint density at radius 2 is 1.64 bits per heavy atom. The number of benzene rings is 2. The van der Waals surface area contributed by atoms with Crippen LogP contribution in [0.2, 0.25) is 0 Å². The highest BCUT2D eigenvalue weighted by Gasteiger charge is 2.29. The van der Waals surface area contributed by atoms with Crippen LogP contribution in [0.15, 0.2) is 60.0 Å². The topological polar surface area (TPSA) is 80.3 Å². The highest BCUT2D eigenvalue weighted by Crippen LogP contribution is 2.21. The Hall–Kier alpha value is -3.19. The monoisotopic (exact) mass is 505 g/mol. The van der Waals surface area contributed by atoms with Gasteiger partial charge in [0, 0.05) is 23.0 Å². The molecule has 0 unspecified atom stereocenters. The first-order chi connectivity index (χ1) is 17.6. The van der Waals surface area contributed by atoms with Gasteiger partial charge in [0.15, 0.2) is 0 Å². The molecule has 2 amide bonds. The maximum Gasteiger partial charge on any atom is 0.271 e. The van der Waals surface area contributed by atoms with Gasteiger partial charge in [0.1, 0.15) is 23.1 Å². The summed E-state index contributed by atoms with van der Waals surface area (Å²) in [5.74, 6) is 0.473. The molecule has 2 N–H and O–H groups in total. The number of nitrogens with zero attached hydrogens (tertiary/aromatic N) is 1. The fourth-order valence-electron chi connectivity index (χ4n) is 4.52. The molecular weight excluding hydrogens is 470 g/mol. The summed E-state index contributed by atoms with van der Waals surface area (Å²) in [6.45, 7) is 2.52. The highest BCUT2D eigenvalue weighted by molar-refractivity contribution is 7.09. The van der Waals surface area contributed by atoms with Gasteiger partial charge in [-0.3, -0.25) is 9.59 Å². The number of unbranched alkanes of at least 4 members (excludes halogenated alkanes) is 2. The lowest BCUT2D eigenvalue weighted by Gasteiger charge is -2.32. The second-order valence-corrected chi connectivity index (χ2v) is 10.3. The summed E-state index contributed by atoms with van der Waals surface area (Å²) in [6, 6.07) is 17.2. The molecule has 3 aromatic rings. The minimum absolute atomic E-state index is 0.0877. The number of hydrogen-bond acceptors (Lipinski definition) is 5. The highest BCUT2D eigenvalue weighted by atomic mass is 32.1. The first-order valence-electron chi connectivity index (χ1n) is 13.0. The molecule has 0 radical (unpaired) electrons. The molecule has 1 heterocycles. The van der Waals surface area contributed by atoms with Crippen LogP contribution in [0.25, 0.3) is 0 Å². The Morgan fingerprint density at radius 1 is 0.944 bits per heavy atom. The summed E-state index contributed by atoms with van der Waals surface area (Å²) in [5, 5.41) is 8.79. The van der Waals surface area contributed by atoms with E-state index in [1.807, 2.05) is 54.6 Å². The van der Waals surface area contributed by atoms with E-state index in [4.69, 9.17) is 4.74 Å². The standard InChI is InChI=1S/C29H35N3O3S/c1-2-3-5-10-21-15-17-22(18-16-21)28(33)31-24-13-8-9-14-25(24)32-29(34)26-20-36-27(30-26)19-35-23-11-6-4-7-12-23/h4,6-7,11-12,15-18,20,24-25H,2-3,5,8-10,13-14,19H2,1H3,(H,31,33)(H,32,34)/t24-,25+/m0/s1. The zero-order chi connectivity index (χ0) is 25.2. The van der Waals surface area contributed by atoms with E-state index in [2.05, 4.69) is 22.5 Å². The second kappa shape index (κ2) is 13.2. The molecule has 1 aromatic heterocycles. The molecule has 2 atom stereocenters. The quantitative estimate of drug-likeness (QED) is 0.317. The fourth-order valence-corrected chi connectivity index (χ4v) is 5.20. The Balaban J connectivity index is 1.30. The average molecular weight is 506 g/mol. The van der Waals surface area contributed by atoms with Crippen LogP contribution in [0, 0.1) is 0 Å². The van der Waals surface area contributed by atoms with Crippen LogP contribution in [-0.4, -0.2) is 28.9 Å². The molecule has 190 valence electrons. The maximum atomic E-state index is 12.9. The molecule has 7 heteroatoms. The molecule has 0 bridgehead atoms. The van der Waals surface area contributed by atoms with Crippen molar-refractivity contribution in [3.8, 4) is 5.75 Å². The molecule has 1 fully saturated rings. The SMILES string of the molecule is CCCCCc1ccc(C(=O)N[C@H]2CCCC[C@H]2NC(=O)c2csc(COc3ccccc3)n2)cc1. The van der Waals surface area contributed by atoms with E-state index in [0.29, 0.717) is 17.9 Å². The van der Waals surface area contributed by atoms with Crippen molar-refractivity contribution in [2.45, 2.75) is 77.0 Å². The maximum absolute atomic E-state index is 12.9. The summed E-state index contributed by atoms with van der Waals surface area (Å²) in [5.41, 5.74) is 2.31. The number of nitrogens with one attached hydrogen (secondary N) is 2. The van der Waals surface area contributed by atoms with Gasteiger partial charge in [-0.15, -0.1) is 11.3 Å². The lowest BCUT2D eigenvalue weighted by Crippen LogP contribution is -2.53. The first-order valence-corrected chi connectivity index (χ1v) is 13.8. The average Bonchev–Trinajstić information content (AvgIpc) is 3.39. The van der Waals surface area contributed by atoms with Gasteiger partial charge in [0.2, 0.25) is 0 Å². The van der Waals surface area contributed by atoms with Crippen LogP contribution in [0.1, 0.15) is 83.3 Å². The van der Waals surface area contributed by atoms with Gasteiger partial charge in [-0.25, -0.2) is 4.98 Å². The van der Waals surface area contributed by atoms with E-state index in [9.17, 15) is 9.59 Å². The van der Waals surface area contributed by atoms with Gasteiger partial charge >= 0.3 is 0 Å². The van der Waals surface area contributed by atoms with Crippen LogP contribution >= 0.6 is 11.3 Å². The molecule has 2 aromatic carbocycles. The van der Waals surface area contributed by atoms with Crippen molar-refractivity contribution in [3.05, 3.63) is 81.8 Å². The van der Waals surface area contributed by atoms with Crippen molar-refractivity contribution in [2.24, 2.45) is 0 Å². The van der Waals surface area contributed by atoms with Gasteiger partial charge in [0.25, 0.3) is 11.8 Å². The molecule has 0 saturated heterocycles. The summed E-state index contributed by atoms with van der Waals surface area (Å²) in [4.78, 5) is 30.3. The van der Waals surface area contributed by atoms with Crippen LogP contribution in [-0.2, 0) is 13.0 Å². The van der Waals surface area contributed by atoms with Gasteiger partial charge in [-0.05, 0) is 55.5 Å². The molecule has 0 spiro atoms. The molecule has 1 aliphatic rings. The summed E-state index contributed by atoms with van der Waals surface area (Å²) < 4.78 is 5.74. The predicted molar refractivity (Wildman–Crippen MR) is 144 cm³/mol. The summed E-state index contributed by atoms with van der Waals surface area (Å²) in [6.07, 6.45) is 8.38. The smallest absolute Gasteiger partial charge is 0.271 e. The number of rotatable bonds is 11. The van der Waals surface area contributed by atoms with E-state index in [1.54, 1.807) is 5.38 Å². The zero-order valence-electron chi connectivity index (χ0n) is 20.9. The van der Waals surface area contributed by atoms with E-state index < -0.39 is 0 Å². The first kappa shape index (κ1) is 25.9. The minimum atomic E-state index is -0.209. The molecule has 6 nitrogen and oxygen atoms in total. The van der Waals surface area contributed by atoms with Crippen molar-refractivity contribution in [1.29, 1.82) is 0 Å². The largest absolute Gasteiger partial charge is 0.486 e. The van der Waals surface area contributed by atoms with Crippen molar-refractivity contribution >= 4 is 23.2 Å². The van der Waals surface area contributed by atoms with Crippen LogP contribution in [0.3, 0.4) is 0 Å². The number of aryl methyl sites for hydroxylation is 1. The molecule has 4 rings (SSSR count). The van der Waals surface area contributed by atoms with E-state index in [-0.39, 0.29) is 23.9 Å². The van der Waals surface area contributed by atoms with Crippen LogP contribution in [0.4, 0.5) is 0 Å². The third-order valence-corrected chi connectivity index (χ3v) is 7.40. The Labute approximate surface area is 217 Å². The zero-order valence-corrected chi connectivity index (χ0v) is 21.7. The molecule has 0 aliphatic heterocycles. The number of amides is 2. The van der Waals surface area contributed by atoms with Crippen molar-refractivity contribution in [3.63, 3.8) is 0 Å². The predicted octanol–water partition coefficient (Wildman–Crippen LogP) is 5.93. The fraction of sp³-hybridized carbons (Fsp3) is 0.414. The van der Waals surface area contributed by atoms with Crippen LogP contribution in [0.5, 0.6) is 5.75 Å². The molecular formula is C29H35N3O3S. The summed E-state index contributed by atoms with van der Waals surface area (Å²) in [7, 11) is 0. The van der Waals surface area contributed by atoms with E-state index in [0.717, 1.165) is 42.9 Å². The minimum Gasteiger partial charge on any atom is -0.486 e. The lowest BCUT2D eigenvalue weighted by molar-refractivity contribution is 0.0860. The third-order valence-electron chi connectivity index (χ3n) is 6.57. The number of hydrogen-bond donors (Lipinski definition) is 2. The van der Waals surface area contributed by atoms with Crippen molar-refractivity contribution < 1.29 is 14.3 Å². The van der Waals surface area contributed by atoms with Crippen molar-refractivity contribution in [2.75, 3.05) is 0 Å². The van der Waals surface area contributed by atoms with Gasteiger partial charge in [-0.1, -0.05) is 62.9 Å². The van der Waals surface area contributed by atoms with E-state index in [1.165, 1.54) is 36.2 Å². The van der Waals surface area contributed by atoms with Gasteiger partial charge in [-0.2, -0.15) is 0 Å². The van der Waals surface area contributed by atoms with Gasteiger partial charge < -0.3 is 15.4 Å². The Bertz CT molecular complexity index is 1110. The molecule has 1 saturated carbocycles. The number of aromatic nitrogens is 1. The second-order valence-electron chi connectivity index (χ2n) is 9.33. The number of carbonyl (C=O) groups excluding carboxylic acids is 2. The number of ether oxygens (including phenoxy) is 1. The normalized spacial score (nSPS) is 17.4. The van der Waals surface area contributed by atoms with Gasteiger partial charge in [0.05, 0.1) is 0 Å².